The van der Waals surface area contributed by atoms with Gasteiger partial charge < -0.3 is 0 Å². The van der Waals surface area contributed by atoms with E-state index in [1.165, 1.54) is 5.57 Å². The van der Waals surface area contributed by atoms with Crippen LogP contribution in [0.5, 0.6) is 0 Å². The molecule has 0 bridgehead atoms. The van der Waals surface area contributed by atoms with Crippen molar-refractivity contribution in [3.63, 3.8) is 0 Å². The fraction of sp³-hybridized carbons (Fsp3) is 0.500. The second-order valence-electron chi connectivity index (χ2n) is 3.57. The van der Waals surface area contributed by atoms with Gasteiger partial charge in [-0.05, 0) is 39.1 Å². The molecule has 0 saturated carbocycles. The first-order valence-electron chi connectivity index (χ1n) is 4.91. The van der Waals surface area contributed by atoms with Gasteiger partial charge in [0.1, 0.15) is 0 Å². The number of hydrogen-bond donors (Lipinski definition) is 1. The van der Waals surface area contributed by atoms with Crippen LogP contribution >= 0.6 is 12.2 Å². The number of aromatic amines is 1. The van der Waals surface area contributed by atoms with Gasteiger partial charge in [0, 0.05) is 6.42 Å². The lowest BCUT2D eigenvalue weighted by Crippen LogP contribution is -2.00. The van der Waals surface area contributed by atoms with Crippen LogP contribution in [0.1, 0.15) is 33.5 Å². The molecule has 0 unspecified atom stereocenters. The predicted molar refractivity (Wildman–Crippen MR) is 64.7 cm³/mol. The van der Waals surface area contributed by atoms with Crippen LogP contribution in [0.25, 0.3) is 0 Å². The van der Waals surface area contributed by atoms with Gasteiger partial charge in [-0.2, -0.15) is 14.9 Å². The predicted octanol–water partition coefficient (Wildman–Crippen LogP) is 2.69. The monoisotopic (exact) mass is 224 g/mol. The second kappa shape index (κ2) is 5.02. The van der Waals surface area contributed by atoms with Crippen molar-refractivity contribution >= 4 is 17.9 Å². The van der Waals surface area contributed by atoms with Gasteiger partial charge in [-0.3, -0.25) is 5.10 Å². The summed E-state index contributed by atoms with van der Waals surface area (Å²) in [6.07, 6.45) is 2.81. The Morgan fingerprint density at radius 2 is 2.20 bits per heavy atom. The van der Waals surface area contributed by atoms with Crippen molar-refractivity contribution in [3.8, 4) is 0 Å². The van der Waals surface area contributed by atoms with Gasteiger partial charge in [0.2, 0.25) is 4.77 Å². The Bertz CT molecular complexity index is 446. The zero-order valence-electron chi connectivity index (χ0n) is 9.53. The Morgan fingerprint density at radius 1 is 1.53 bits per heavy atom. The third-order valence-electron chi connectivity index (χ3n) is 1.79. The zero-order chi connectivity index (χ0) is 11.4. The molecule has 1 N–H and O–H groups in total. The van der Waals surface area contributed by atoms with E-state index in [1.807, 2.05) is 33.8 Å². The molecular weight excluding hydrogens is 208 g/mol. The lowest BCUT2D eigenvalue weighted by atomic mass is 10.3. The summed E-state index contributed by atoms with van der Waals surface area (Å²) in [4.78, 5) is 0. The molecule has 1 aromatic heterocycles. The first-order chi connectivity index (χ1) is 7.04. The summed E-state index contributed by atoms with van der Waals surface area (Å²) in [6, 6.07) is 0. The summed E-state index contributed by atoms with van der Waals surface area (Å²) in [5.41, 5.74) is 2.13. The van der Waals surface area contributed by atoms with E-state index in [1.54, 1.807) is 4.68 Å². The molecule has 15 heavy (non-hydrogen) atoms. The van der Waals surface area contributed by atoms with Gasteiger partial charge >= 0.3 is 0 Å². The van der Waals surface area contributed by atoms with Gasteiger partial charge in [-0.15, -0.1) is 0 Å². The van der Waals surface area contributed by atoms with E-state index in [0.29, 0.717) is 4.77 Å². The van der Waals surface area contributed by atoms with Gasteiger partial charge in [0.15, 0.2) is 5.82 Å². The summed E-state index contributed by atoms with van der Waals surface area (Å²) >= 11 is 5.09. The van der Waals surface area contributed by atoms with Gasteiger partial charge in [-0.1, -0.05) is 12.5 Å². The Kier molecular flexibility index (Phi) is 3.96. The number of nitrogens with zero attached hydrogens (tertiary/aromatic N) is 3. The number of hydrogen-bond acceptors (Lipinski definition) is 3. The van der Waals surface area contributed by atoms with Crippen LogP contribution < -0.4 is 0 Å². The van der Waals surface area contributed by atoms with Crippen LogP contribution in [0, 0.1) is 4.77 Å². The number of rotatable bonds is 3. The van der Waals surface area contributed by atoms with Crippen LogP contribution in [0.4, 0.5) is 0 Å². The van der Waals surface area contributed by atoms with E-state index in [2.05, 4.69) is 15.3 Å². The molecule has 0 aliphatic carbocycles. The topological polar surface area (TPSA) is 46.0 Å². The van der Waals surface area contributed by atoms with Crippen molar-refractivity contribution in [1.82, 2.24) is 14.9 Å². The maximum absolute atomic E-state index is 5.09. The Balaban J connectivity index is 3.12. The van der Waals surface area contributed by atoms with Crippen LogP contribution in [0.2, 0.25) is 0 Å². The highest BCUT2D eigenvalue weighted by Crippen LogP contribution is 2.00. The van der Waals surface area contributed by atoms with E-state index in [9.17, 15) is 0 Å². The minimum absolute atomic E-state index is 0.536. The third-order valence-corrected chi connectivity index (χ3v) is 2.05. The average molecular weight is 224 g/mol. The zero-order valence-corrected chi connectivity index (χ0v) is 10.4. The molecule has 0 amide bonds. The number of aryl methyl sites for hydroxylation is 1. The fourth-order valence-electron chi connectivity index (χ4n) is 1.26. The molecule has 1 rings (SSSR count). The van der Waals surface area contributed by atoms with Crippen molar-refractivity contribution < 1.29 is 0 Å². The highest BCUT2D eigenvalue weighted by Gasteiger charge is 2.01. The van der Waals surface area contributed by atoms with E-state index in [4.69, 9.17) is 12.2 Å². The standard InChI is InChI=1S/C10H16N4S/c1-5-9-11-12-10(15)14(9)13-8(4)6-7(2)3/h6H,5H2,1-4H3,(H,12,15). The number of allylic oxidation sites excluding steroid dienone is 2. The molecule has 1 heterocycles. The largest absolute Gasteiger partial charge is 0.250 e. The van der Waals surface area contributed by atoms with Crippen LogP contribution in [0.3, 0.4) is 0 Å². The lowest BCUT2D eigenvalue weighted by molar-refractivity contribution is 0.776. The molecular formula is C10H16N4S. The normalized spacial score (nSPS) is 11.6. The first kappa shape index (κ1) is 11.8. The molecule has 0 aromatic carbocycles. The molecule has 0 fully saturated rings. The summed E-state index contributed by atoms with van der Waals surface area (Å²) in [5.74, 6) is 0.849. The lowest BCUT2D eigenvalue weighted by Gasteiger charge is -1.98. The van der Waals surface area contributed by atoms with Crippen LogP contribution in [-0.4, -0.2) is 20.6 Å². The SMILES string of the molecule is CCc1n[nH]c(=S)n1N=C(C)C=C(C)C. The Hall–Kier alpha value is -1.23. The molecule has 5 heteroatoms. The highest BCUT2D eigenvalue weighted by atomic mass is 32.1. The molecule has 1 aromatic rings. The molecule has 0 radical (unpaired) electrons. The van der Waals surface area contributed by atoms with Crippen molar-refractivity contribution in [2.75, 3.05) is 0 Å². The van der Waals surface area contributed by atoms with Crippen molar-refractivity contribution in [2.45, 2.75) is 34.1 Å². The highest BCUT2D eigenvalue weighted by molar-refractivity contribution is 7.71. The Morgan fingerprint density at radius 3 is 2.73 bits per heavy atom. The maximum Gasteiger partial charge on any atom is 0.216 e. The van der Waals surface area contributed by atoms with E-state index >= 15 is 0 Å². The molecule has 0 aliphatic rings. The number of H-pyrrole nitrogens is 1. The number of nitrogens with one attached hydrogen (secondary N) is 1. The van der Waals surface area contributed by atoms with Crippen molar-refractivity contribution in [3.05, 3.63) is 22.2 Å². The summed E-state index contributed by atoms with van der Waals surface area (Å²) < 4.78 is 2.21. The third kappa shape index (κ3) is 3.13. The summed E-state index contributed by atoms with van der Waals surface area (Å²) in [6.45, 7) is 8.04. The smallest absolute Gasteiger partial charge is 0.216 e. The van der Waals surface area contributed by atoms with E-state index in [0.717, 1.165) is 18.0 Å². The molecule has 4 nitrogen and oxygen atoms in total. The second-order valence-corrected chi connectivity index (χ2v) is 3.96. The van der Waals surface area contributed by atoms with Gasteiger partial charge in [0.25, 0.3) is 0 Å². The molecule has 0 saturated heterocycles. The van der Waals surface area contributed by atoms with E-state index in [-0.39, 0.29) is 0 Å². The fourth-order valence-corrected chi connectivity index (χ4v) is 1.45. The van der Waals surface area contributed by atoms with Crippen LogP contribution in [-0.2, 0) is 6.42 Å². The van der Waals surface area contributed by atoms with Gasteiger partial charge in [0.05, 0.1) is 5.71 Å². The van der Waals surface area contributed by atoms with Crippen LogP contribution in [0.15, 0.2) is 16.8 Å². The minimum atomic E-state index is 0.536. The number of aromatic nitrogens is 3. The molecule has 0 atom stereocenters. The van der Waals surface area contributed by atoms with Crippen molar-refractivity contribution in [1.29, 1.82) is 0 Å². The molecule has 0 aliphatic heterocycles. The maximum atomic E-state index is 5.09. The summed E-state index contributed by atoms with van der Waals surface area (Å²) in [5, 5.41) is 11.2. The molecule has 82 valence electrons. The van der Waals surface area contributed by atoms with E-state index < -0.39 is 0 Å². The Labute approximate surface area is 94.7 Å². The van der Waals surface area contributed by atoms with Gasteiger partial charge in [-0.25, -0.2) is 0 Å². The first-order valence-corrected chi connectivity index (χ1v) is 5.32. The quantitative estimate of drug-likeness (QED) is 0.634. The minimum Gasteiger partial charge on any atom is -0.250 e. The average Bonchev–Trinajstić information content (AvgIpc) is 2.46. The molecule has 0 spiro atoms. The van der Waals surface area contributed by atoms with Crippen molar-refractivity contribution in [2.24, 2.45) is 5.10 Å². The summed E-state index contributed by atoms with van der Waals surface area (Å²) in [7, 11) is 0.